The third-order valence-corrected chi connectivity index (χ3v) is 3.89. The van der Waals surface area contributed by atoms with E-state index < -0.39 is 15.8 Å². The highest BCUT2D eigenvalue weighted by Crippen LogP contribution is 2.10. The predicted octanol–water partition coefficient (Wildman–Crippen LogP) is 2.51. The highest BCUT2D eigenvalue weighted by Gasteiger charge is 2.12. The molecule has 0 spiro atoms. The van der Waals surface area contributed by atoms with E-state index in [0.29, 0.717) is 13.0 Å². The van der Waals surface area contributed by atoms with Crippen molar-refractivity contribution in [2.45, 2.75) is 30.0 Å². The Kier molecular flexibility index (Phi) is 5.36. The van der Waals surface area contributed by atoms with Crippen molar-refractivity contribution in [3.63, 3.8) is 0 Å². The van der Waals surface area contributed by atoms with Crippen molar-refractivity contribution in [3.8, 4) is 0 Å². The second-order valence-corrected chi connectivity index (χ2v) is 6.29. The van der Waals surface area contributed by atoms with E-state index >= 15 is 0 Å². The van der Waals surface area contributed by atoms with Gasteiger partial charge in [0.05, 0.1) is 4.90 Å². The number of rotatable bonds is 6. The van der Waals surface area contributed by atoms with Gasteiger partial charge in [-0.1, -0.05) is 0 Å². The number of hydrogen-bond donors (Lipinski definition) is 1. The van der Waals surface area contributed by atoms with Gasteiger partial charge in [-0.3, -0.25) is 0 Å². The van der Waals surface area contributed by atoms with Crippen LogP contribution in [0.4, 0.5) is 4.39 Å². The maximum atomic E-state index is 12.6. The maximum Gasteiger partial charge on any atom is 0.240 e. The molecule has 1 rings (SSSR count). The molecule has 0 fully saturated rings. The summed E-state index contributed by atoms with van der Waals surface area (Å²) < 4.78 is 38.5. The molecule has 96 valence electrons. The zero-order valence-corrected chi connectivity index (χ0v) is 11.1. The van der Waals surface area contributed by atoms with Crippen LogP contribution in [0.2, 0.25) is 0 Å². The van der Waals surface area contributed by atoms with E-state index in [0.717, 1.165) is 18.6 Å². The molecule has 0 aliphatic carbocycles. The Morgan fingerprint density at radius 1 is 1.35 bits per heavy atom. The molecular formula is C11H15ClFNO2S. The van der Waals surface area contributed by atoms with Crippen LogP contribution in [0.1, 0.15) is 19.8 Å². The van der Waals surface area contributed by atoms with Gasteiger partial charge in [0.1, 0.15) is 5.82 Å². The summed E-state index contributed by atoms with van der Waals surface area (Å²) in [5.41, 5.74) is 0. The minimum atomic E-state index is -3.53. The summed E-state index contributed by atoms with van der Waals surface area (Å²) in [5, 5.41) is 0.0327. The predicted molar refractivity (Wildman–Crippen MR) is 66.1 cm³/mol. The van der Waals surface area contributed by atoms with E-state index in [2.05, 4.69) is 4.72 Å². The Morgan fingerprint density at radius 2 is 1.94 bits per heavy atom. The molecule has 0 saturated carbocycles. The van der Waals surface area contributed by atoms with Crippen molar-refractivity contribution >= 4 is 21.6 Å². The normalized spacial score (nSPS) is 13.6. The molecular weight excluding hydrogens is 265 g/mol. The Hall–Kier alpha value is -0.650. The maximum absolute atomic E-state index is 12.6. The summed E-state index contributed by atoms with van der Waals surface area (Å²) in [6.45, 7) is 2.19. The summed E-state index contributed by atoms with van der Waals surface area (Å²) in [6.07, 6.45) is 1.42. The van der Waals surface area contributed by atoms with Crippen LogP contribution in [-0.2, 0) is 10.0 Å². The van der Waals surface area contributed by atoms with Gasteiger partial charge in [-0.05, 0) is 44.0 Å². The fourth-order valence-electron chi connectivity index (χ4n) is 1.29. The van der Waals surface area contributed by atoms with Gasteiger partial charge >= 0.3 is 0 Å². The summed E-state index contributed by atoms with van der Waals surface area (Å²) in [5.74, 6) is -0.458. The van der Waals surface area contributed by atoms with Gasteiger partial charge in [0.15, 0.2) is 0 Å². The van der Waals surface area contributed by atoms with E-state index in [4.69, 9.17) is 11.6 Å². The summed E-state index contributed by atoms with van der Waals surface area (Å²) in [4.78, 5) is 0.0674. The van der Waals surface area contributed by atoms with Crippen molar-refractivity contribution in [2.24, 2.45) is 0 Å². The molecule has 0 heterocycles. The van der Waals surface area contributed by atoms with Crippen LogP contribution in [0, 0.1) is 5.82 Å². The highest BCUT2D eigenvalue weighted by molar-refractivity contribution is 7.89. The molecule has 0 radical (unpaired) electrons. The van der Waals surface area contributed by atoms with Gasteiger partial charge in [-0.25, -0.2) is 17.5 Å². The average molecular weight is 280 g/mol. The first-order valence-corrected chi connectivity index (χ1v) is 7.23. The van der Waals surface area contributed by atoms with Crippen molar-refractivity contribution in [1.82, 2.24) is 4.72 Å². The first kappa shape index (κ1) is 14.4. The van der Waals surface area contributed by atoms with E-state index in [1.165, 1.54) is 12.1 Å². The molecule has 1 N–H and O–H groups in total. The molecule has 0 aromatic heterocycles. The van der Waals surface area contributed by atoms with Crippen molar-refractivity contribution in [1.29, 1.82) is 0 Å². The summed E-state index contributed by atoms with van der Waals surface area (Å²) in [7, 11) is -3.53. The van der Waals surface area contributed by atoms with Crippen LogP contribution in [0.25, 0.3) is 0 Å². The summed E-state index contributed by atoms with van der Waals surface area (Å²) in [6, 6.07) is 4.72. The summed E-state index contributed by atoms with van der Waals surface area (Å²) >= 11 is 5.74. The van der Waals surface area contributed by atoms with Crippen LogP contribution in [0.3, 0.4) is 0 Å². The van der Waals surface area contributed by atoms with E-state index in [1.54, 1.807) is 0 Å². The Bertz CT molecular complexity index is 445. The molecule has 1 atom stereocenters. The standard InChI is InChI=1S/C11H15ClFNO2S/c1-9(12)3-2-8-14-17(15,16)11-6-4-10(13)5-7-11/h4-7,9,14H,2-3,8H2,1H3. The first-order valence-electron chi connectivity index (χ1n) is 5.31. The second-order valence-electron chi connectivity index (χ2n) is 3.77. The monoisotopic (exact) mass is 279 g/mol. The number of halogens is 2. The van der Waals surface area contributed by atoms with Crippen molar-refractivity contribution < 1.29 is 12.8 Å². The van der Waals surface area contributed by atoms with Crippen LogP contribution in [0.15, 0.2) is 29.2 Å². The minimum absolute atomic E-state index is 0.0327. The molecule has 1 aromatic rings. The lowest BCUT2D eigenvalue weighted by molar-refractivity contribution is 0.575. The molecule has 0 aliphatic heterocycles. The van der Waals surface area contributed by atoms with Gasteiger partial charge in [0.2, 0.25) is 10.0 Å². The third-order valence-electron chi connectivity index (χ3n) is 2.19. The van der Waals surface area contributed by atoms with E-state index in [9.17, 15) is 12.8 Å². The average Bonchev–Trinajstić information content (AvgIpc) is 2.25. The Morgan fingerprint density at radius 3 is 2.47 bits per heavy atom. The molecule has 3 nitrogen and oxygen atoms in total. The lowest BCUT2D eigenvalue weighted by Gasteiger charge is -2.07. The van der Waals surface area contributed by atoms with Crippen LogP contribution >= 0.6 is 11.6 Å². The lowest BCUT2D eigenvalue weighted by Crippen LogP contribution is -2.25. The van der Waals surface area contributed by atoms with Gasteiger partial charge in [-0.15, -0.1) is 11.6 Å². The number of benzene rings is 1. The van der Waals surface area contributed by atoms with Crippen molar-refractivity contribution in [2.75, 3.05) is 6.54 Å². The van der Waals surface area contributed by atoms with Crippen LogP contribution in [0.5, 0.6) is 0 Å². The zero-order chi connectivity index (χ0) is 12.9. The van der Waals surface area contributed by atoms with E-state index in [1.807, 2.05) is 6.92 Å². The molecule has 0 bridgehead atoms. The first-order chi connectivity index (χ1) is 7.92. The molecule has 1 aromatic carbocycles. The Balaban J connectivity index is 2.54. The van der Waals surface area contributed by atoms with E-state index in [-0.39, 0.29) is 10.3 Å². The number of nitrogens with one attached hydrogen (secondary N) is 1. The quantitative estimate of drug-likeness (QED) is 0.642. The fourth-order valence-corrected chi connectivity index (χ4v) is 2.52. The number of sulfonamides is 1. The smallest absolute Gasteiger partial charge is 0.211 e. The molecule has 6 heteroatoms. The minimum Gasteiger partial charge on any atom is -0.211 e. The molecule has 1 unspecified atom stereocenters. The number of alkyl halides is 1. The van der Waals surface area contributed by atoms with Crippen LogP contribution < -0.4 is 4.72 Å². The SMILES string of the molecule is CC(Cl)CCCNS(=O)(=O)c1ccc(F)cc1. The van der Waals surface area contributed by atoms with Gasteiger partial charge in [0.25, 0.3) is 0 Å². The highest BCUT2D eigenvalue weighted by atomic mass is 35.5. The molecule has 0 saturated heterocycles. The fraction of sp³-hybridized carbons (Fsp3) is 0.455. The van der Waals surface area contributed by atoms with Gasteiger partial charge < -0.3 is 0 Å². The molecule has 17 heavy (non-hydrogen) atoms. The molecule has 0 amide bonds. The van der Waals surface area contributed by atoms with Crippen molar-refractivity contribution in [3.05, 3.63) is 30.1 Å². The largest absolute Gasteiger partial charge is 0.240 e. The topological polar surface area (TPSA) is 46.2 Å². The lowest BCUT2D eigenvalue weighted by atomic mass is 10.2. The third kappa shape index (κ3) is 5.02. The Labute approximate surface area is 106 Å². The van der Waals surface area contributed by atoms with Gasteiger partial charge in [0, 0.05) is 11.9 Å². The zero-order valence-electron chi connectivity index (χ0n) is 9.49. The number of hydrogen-bond acceptors (Lipinski definition) is 2. The van der Waals surface area contributed by atoms with Crippen LogP contribution in [-0.4, -0.2) is 20.3 Å². The van der Waals surface area contributed by atoms with Gasteiger partial charge in [-0.2, -0.15) is 0 Å². The molecule has 0 aliphatic rings. The second kappa shape index (κ2) is 6.33.